The minimum absolute atomic E-state index is 0.124. The van der Waals surface area contributed by atoms with Crippen LogP contribution in [-0.4, -0.2) is 41.8 Å². The molecule has 4 atom stereocenters. The van der Waals surface area contributed by atoms with Gasteiger partial charge in [-0.1, -0.05) is 18.2 Å². The van der Waals surface area contributed by atoms with Crippen molar-refractivity contribution in [3.05, 3.63) is 59.6 Å². The molecule has 2 aliphatic heterocycles. The quantitative estimate of drug-likeness (QED) is 0.781. The maximum atomic E-state index is 13.9. The van der Waals surface area contributed by atoms with Crippen LogP contribution in [0.3, 0.4) is 0 Å². The minimum atomic E-state index is -1.82. The highest BCUT2D eigenvalue weighted by Gasteiger charge is 2.66. The lowest BCUT2D eigenvalue weighted by molar-refractivity contribution is -0.150. The lowest BCUT2D eigenvalue weighted by Gasteiger charge is -2.32. The largest absolute Gasteiger partial charge is 0.468 e. The normalized spacial score (nSPS) is 28.1. The van der Waals surface area contributed by atoms with Crippen molar-refractivity contribution in [1.29, 1.82) is 5.26 Å². The Bertz CT molecular complexity index is 964. The van der Waals surface area contributed by atoms with Gasteiger partial charge in [-0.05, 0) is 30.7 Å². The number of Topliss-reactive ketones (excluding diaryl/α,β-unsaturated/α-hetero) is 1. The Labute approximate surface area is 160 Å². The standard InChI is InChI=1S/C20H18FN3O4/c1-11(25)17-16(12-4-3-5-14(21)8-12)20(10-22,19(27)28-2)15-7-6-13(18(23)26)9-24(15)17/h3-9,15-17H,1-2H3,(H2,23,26)/t15-,16-,17+,20+/m1/s1. The van der Waals surface area contributed by atoms with Crippen LogP contribution in [0, 0.1) is 22.6 Å². The smallest absolute Gasteiger partial charge is 0.329 e. The Morgan fingerprint density at radius 3 is 2.61 bits per heavy atom. The number of nitrogens with two attached hydrogens (primary N) is 1. The summed E-state index contributed by atoms with van der Waals surface area (Å²) in [4.78, 5) is 38.5. The Morgan fingerprint density at radius 1 is 1.36 bits per heavy atom. The monoisotopic (exact) mass is 383 g/mol. The molecule has 2 heterocycles. The predicted octanol–water partition coefficient (Wildman–Crippen LogP) is 1.17. The fraction of sp³-hybridized carbons (Fsp3) is 0.300. The number of halogens is 1. The molecular formula is C20H18FN3O4. The third-order valence-electron chi connectivity index (χ3n) is 5.28. The summed E-state index contributed by atoms with van der Waals surface area (Å²) >= 11 is 0. The Kier molecular flexibility index (Phi) is 4.77. The molecular weight excluding hydrogens is 365 g/mol. The number of carbonyl (C=O) groups is 3. The van der Waals surface area contributed by atoms with Gasteiger partial charge < -0.3 is 15.4 Å². The fourth-order valence-corrected chi connectivity index (χ4v) is 4.16. The molecule has 3 rings (SSSR count). The zero-order valence-corrected chi connectivity index (χ0v) is 15.3. The number of amides is 1. The molecule has 0 saturated carbocycles. The van der Waals surface area contributed by atoms with Crippen molar-refractivity contribution in [1.82, 2.24) is 4.90 Å². The summed E-state index contributed by atoms with van der Waals surface area (Å²) in [5.74, 6) is -3.49. The lowest BCUT2D eigenvalue weighted by Crippen LogP contribution is -2.45. The SMILES string of the molecule is COC(=O)[C@]1(C#N)[C@H](c2cccc(F)c2)[C@H](C(C)=O)N2C=C(C(N)=O)C=C[C@@H]21. The maximum Gasteiger partial charge on any atom is 0.329 e. The summed E-state index contributed by atoms with van der Waals surface area (Å²) in [5.41, 5.74) is 3.96. The zero-order chi connectivity index (χ0) is 20.6. The predicted molar refractivity (Wildman–Crippen MR) is 95.7 cm³/mol. The van der Waals surface area contributed by atoms with Gasteiger partial charge in [0.25, 0.3) is 0 Å². The lowest BCUT2D eigenvalue weighted by atomic mass is 9.68. The van der Waals surface area contributed by atoms with Crippen molar-refractivity contribution in [3.63, 3.8) is 0 Å². The van der Waals surface area contributed by atoms with E-state index in [1.807, 2.05) is 6.07 Å². The summed E-state index contributed by atoms with van der Waals surface area (Å²) in [5, 5.41) is 10.1. The molecule has 1 fully saturated rings. The second-order valence-corrected chi connectivity index (χ2v) is 6.76. The van der Waals surface area contributed by atoms with E-state index in [1.54, 1.807) is 6.07 Å². The fourth-order valence-electron chi connectivity index (χ4n) is 4.16. The minimum Gasteiger partial charge on any atom is -0.468 e. The van der Waals surface area contributed by atoms with Gasteiger partial charge in [0.1, 0.15) is 5.82 Å². The highest BCUT2D eigenvalue weighted by molar-refractivity contribution is 5.96. The number of primary amides is 1. The van der Waals surface area contributed by atoms with Crippen molar-refractivity contribution in [2.24, 2.45) is 11.1 Å². The number of ketones is 1. The molecule has 7 nitrogen and oxygen atoms in total. The van der Waals surface area contributed by atoms with Crippen LogP contribution < -0.4 is 5.73 Å². The van der Waals surface area contributed by atoms with Crippen LogP contribution in [0.4, 0.5) is 4.39 Å². The van der Waals surface area contributed by atoms with Gasteiger partial charge in [0.15, 0.2) is 11.2 Å². The number of fused-ring (bicyclic) bond motifs is 1. The summed E-state index contributed by atoms with van der Waals surface area (Å²) in [6.07, 6.45) is 4.26. The molecule has 0 spiro atoms. The zero-order valence-electron chi connectivity index (χ0n) is 15.3. The molecule has 2 aliphatic rings. The Hall–Kier alpha value is -3.47. The third-order valence-corrected chi connectivity index (χ3v) is 5.28. The highest BCUT2D eigenvalue weighted by Crippen LogP contribution is 2.53. The number of benzene rings is 1. The van der Waals surface area contributed by atoms with Gasteiger partial charge in [-0.3, -0.25) is 14.4 Å². The van der Waals surface area contributed by atoms with E-state index in [2.05, 4.69) is 0 Å². The van der Waals surface area contributed by atoms with Gasteiger partial charge in [-0.15, -0.1) is 0 Å². The molecule has 0 bridgehead atoms. The van der Waals surface area contributed by atoms with Crippen molar-refractivity contribution >= 4 is 17.7 Å². The first-order valence-electron chi connectivity index (χ1n) is 8.50. The molecule has 0 aliphatic carbocycles. The van der Waals surface area contributed by atoms with Gasteiger partial charge in [0.2, 0.25) is 5.91 Å². The van der Waals surface area contributed by atoms with E-state index >= 15 is 0 Å². The van der Waals surface area contributed by atoms with Crippen molar-refractivity contribution < 1.29 is 23.5 Å². The number of nitrogens with zero attached hydrogens (tertiary/aromatic N) is 2. The van der Waals surface area contributed by atoms with Crippen LogP contribution in [-0.2, 0) is 19.1 Å². The first kappa shape index (κ1) is 19.3. The van der Waals surface area contributed by atoms with E-state index in [0.717, 1.165) is 7.11 Å². The van der Waals surface area contributed by atoms with Crippen LogP contribution >= 0.6 is 0 Å². The molecule has 2 N–H and O–H groups in total. The highest BCUT2D eigenvalue weighted by atomic mass is 19.1. The number of hydrogen-bond acceptors (Lipinski definition) is 6. The maximum absolute atomic E-state index is 13.9. The van der Waals surface area contributed by atoms with Gasteiger partial charge in [0.05, 0.1) is 30.8 Å². The average Bonchev–Trinajstić information content (AvgIpc) is 2.98. The van der Waals surface area contributed by atoms with Gasteiger partial charge in [0, 0.05) is 12.1 Å². The van der Waals surface area contributed by atoms with Crippen LogP contribution in [0.15, 0.2) is 48.2 Å². The van der Waals surface area contributed by atoms with Gasteiger partial charge in [-0.25, -0.2) is 4.39 Å². The van der Waals surface area contributed by atoms with Crippen molar-refractivity contribution in [2.45, 2.75) is 24.9 Å². The second-order valence-electron chi connectivity index (χ2n) is 6.76. The van der Waals surface area contributed by atoms with E-state index in [0.29, 0.717) is 5.56 Å². The second kappa shape index (κ2) is 6.93. The molecule has 8 heteroatoms. The molecule has 1 amide bonds. The van der Waals surface area contributed by atoms with Gasteiger partial charge in [-0.2, -0.15) is 5.26 Å². The van der Waals surface area contributed by atoms with Crippen LogP contribution in [0.25, 0.3) is 0 Å². The molecule has 0 radical (unpaired) electrons. The molecule has 144 valence electrons. The first-order chi connectivity index (χ1) is 13.3. The Morgan fingerprint density at radius 2 is 2.07 bits per heavy atom. The molecule has 0 aromatic heterocycles. The number of carbonyl (C=O) groups excluding carboxylic acids is 3. The summed E-state index contributed by atoms with van der Waals surface area (Å²) in [6.45, 7) is 1.31. The van der Waals surface area contributed by atoms with Crippen molar-refractivity contribution in [2.75, 3.05) is 7.11 Å². The van der Waals surface area contributed by atoms with Crippen LogP contribution in [0.1, 0.15) is 18.4 Å². The van der Waals surface area contributed by atoms with E-state index in [4.69, 9.17) is 10.5 Å². The average molecular weight is 383 g/mol. The van der Waals surface area contributed by atoms with Crippen LogP contribution in [0.5, 0.6) is 0 Å². The molecule has 1 saturated heterocycles. The van der Waals surface area contributed by atoms with E-state index in [-0.39, 0.29) is 11.4 Å². The molecule has 1 aromatic carbocycles. The third kappa shape index (κ3) is 2.67. The van der Waals surface area contributed by atoms with E-state index in [1.165, 1.54) is 48.4 Å². The topological polar surface area (TPSA) is 113 Å². The number of ether oxygens (including phenoxy) is 1. The molecule has 0 unspecified atom stereocenters. The number of nitriles is 1. The summed E-state index contributed by atoms with van der Waals surface area (Å²) < 4.78 is 18.9. The molecule has 28 heavy (non-hydrogen) atoms. The summed E-state index contributed by atoms with van der Waals surface area (Å²) in [6, 6.07) is 5.57. The first-order valence-corrected chi connectivity index (χ1v) is 8.50. The number of rotatable bonds is 4. The van der Waals surface area contributed by atoms with Gasteiger partial charge >= 0.3 is 5.97 Å². The van der Waals surface area contributed by atoms with E-state index < -0.39 is 41.1 Å². The number of hydrogen-bond donors (Lipinski definition) is 1. The summed E-state index contributed by atoms with van der Waals surface area (Å²) in [7, 11) is 1.15. The van der Waals surface area contributed by atoms with Crippen LogP contribution in [0.2, 0.25) is 0 Å². The van der Waals surface area contributed by atoms with Crippen molar-refractivity contribution in [3.8, 4) is 6.07 Å². The molecule has 1 aromatic rings. The number of methoxy groups -OCH3 is 1. The number of esters is 1. The van der Waals surface area contributed by atoms with E-state index in [9.17, 15) is 24.0 Å². The Balaban J connectivity index is 2.31.